The average Bonchev–Trinajstić information content (AvgIpc) is 3.33. The monoisotopic (exact) mass is 458 g/mol. The van der Waals surface area contributed by atoms with Crippen molar-refractivity contribution in [1.82, 2.24) is 10.6 Å². The number of halogens is 1. The Morgan fingerprint density at radius 3 is 2.80 bits per heavy atom. The van der Waals surface area contributed by atoms with Crippen molar-refractivity contribution >= 4 is 35.6 Å². The van der Waals surface area contributed by atoms with Gasteiger partial charge in [-0.05, 0) is 50.2 Å². The second-order valence-electron chi connectivity index (χ2n) is 6.85. The molecule has 0 amide bonds. The Kier molecular flexibility index (Phi) is 8.12. The van der Waals surface area contributed by atoms with E-state index in [1.54, 1.807) is 7.11 Å². The molecule has 1 heterocycles. The molecule has 2 fully saturated rings. The molecule has 0 spiro atoms. The van der Waals surface area contributed by atoms with Gasteiger partial charge in [-0.1, -0.05) is 6.07 Å². The summed E-state index contributed by atoms with van der Waals surface area (Å²) >= 11 is 0. The zero-order valence-electron chi connectivity index (χ0n) is 15.3. The van der Waals surface area contributed by atoms with E-state index < -0.39 is 0 Å². The zero-order chi connectivity index (χ0) is 16.8. The van der Waals surface area contributed by atoms with Crippen molar-refractivity contribution in [3.63, 3.8) is 0 Å². The van der Waals surface area contributed by atoms with Crippen LogP contribution in [0, 0.1) is 11.8 Å². The minimum absolute atomic E-state index is 0. The lowest BCUT2D eigenvalue weighted by molar-refractivity contribution is 0.415. The first-order valence-electron chi connectivity index (χ1n) is 9.19. The Morgan fingerprint density at radius 2 is 2.08 bits per heavy atom. The summed E-state index contributed by atoms with van der Waals surface area (Å²) in [5.74, 6) is 3.38. The number of hydrogen-bond donors (Lipinski definition) is 2. The molecule has 3 rings (SSSR count). The summed E-state index contributed by atoms with van der Waals surface area (Å²) < 4.78 is 5.33. The summed E-state index contributed by atoms with van der Waals surface area (Å²) in [5.41, 5.74) is 1.25. The van der Waals surface area contributed by atoms with Gasteiger partial charge in [-0.2, -0.15) is 0 Å². The van der Waals surface area contributed by atoms with Crippen molar-refractivity contribution in [1.29, 1.82) is 0 Å². The summed E-state index contributed by atoms with van der Waals surface area (Å²) in [5, 5.41) is 6.83. The Hall–Kier alpha value is -1.18. The molecule has 1 aliphatic carbocycles. The van der Waals surface area contributed by atoms with E-state index in [9.17, 15) is 0 Å². The Labute approximate surface area is 168 Å². The third-order valence-corrected chi connectivity index (χ3v) is 4.81. The van der Waals surface area contributed by atoms with Gasteiger partial charge in [0.1, 0.15) is 5.75 Å². The second kappa shape index (κ2) is 10.1. The number of anilines is 1. The molecular formula is C19H31IN4O. The first-order chi connectivity index (χ1) is 11.8. The molecule has 5 nitrogen and oxygen atoms in total. The number of guanidine groups is 1. The predicted molar refractivity (Wildman–Crippen MR) is 115 cm³/mol. The third kappa shape index (κ3) is 6.24. The molecule has 2 N–H and O–H groups in total. The summed E-state index contributed by atoms with van der Waals surface area (Å²) in [6.45, 7) is 7.15. The molecule has 2 aliphatic rings. The van der Waals surface area contributed by atoms with E-state index in [1.807, 2.05) is 6.07 Å². The van der Waals surface area contributed by atoms with E-state index in [4.69, 9.17) is 9.73 Å². The van der Waals surface area contributed by atoms with Crippen LogP contribution in [0.1, 0.15) is 26.2 Å². The molecule has 1 unspecified atom stereocenters. The zero-order valence-corrected chi connectivity index (χ0v) is 17.7. The molecule has 1 aromatic rings. The number of aliphatic imine (C=N–C) groups is 1. The van der Waals surface area contributed by atoms with Gasteiger partial charge in [0.05, 0.1) is 7.11 Å². The average molecular weight is 458 g/mol. The van der Waals surface area contributed by atoms with Crippen molar-refractivity contribution in [3.8, 4) is 5.75 Å². The van der Waals surface area contributed by atoms with Gasteiger partial charge >= 0.3 is 0 Å². The van der Waals surface area contributed by atoms with Crippen LogP contribution < -0.4 is 20.3 Å². The maximum atomic E-state index is 5.33. The summed E-state index contributed by atoms with van der Waals surface area (Å²) in [6.07, 6.45) is 3.93. The molecular weight excluding hydrogens is 427 g/mol. The quantitative estimate of drug-likeness (QED) is 0.375. The smallest absolute Gasteiger partial charge is 0.191 e. The van der Waals surface area contributed by atoms with Crippen LogP contribution in [0.15, 0.2) is 29.3 Å². The van der Waals surface area contributed by atoms with Crippen LogP contribution in [-0.4, -0.2) is 45.8 Å². The minimum atomic E-state index is 0. The fraction of sp³-hybridized carbons (Fsp3) is 0.632. The van der Waals surface area contributed by atoms with Gasteiger partial charge in [0.25, 0.3) is 0 Å². The van der Waals surface area contributed by atoms with Crippen LogP contribution in [0.5, 0.6) is 5.75 Å². The highest BCUT2D eigenvalue weighted by atomic mass is 127. The molecule has 1 aliphatic heterocycles. The molecule has 1 aromatic carbocycles. The Balaban J connectivity index is 0.00000225. The lowest BCUT2D eigenvalue weighted by Crippen LogP contribution is -2.38. The molecule has 25 heavy (non-hydrogen) atoms. The number of hydrogen-bond acceptors (Lipinski definition) is 3. The fourth-order valence-corrected chi connectivity index (χ4v) is 3.15. The third-order valence-electron chi connectivity index (χ3n) is 4.81. The molecule has 0 aromatic heterocycles. The van der Waals surface area contributed by atoms with Gasteiger partial charge in [0, 0.05) is 44.5 Å². The summed E-state index contributed by atoms with van der Waals surface area (Å²) in [7, 11) is 1.72. The topological polar surface area (TPSA) is 48.9 Å². The van der Waals surface area contributed by atoms with E-state index in [0.717, 1.165) is 50.4 Å². The van der Waals surface area contributed by atoms with Crippen molar-refractivity contribution in [3.05, 3.63) is 24.3 Å². The van der Waals surface area contributed by atoms with Gasteiger partial charge in [-0.3, -0.25) is 4.99 Å². The van der Waals surface area contributed by atoms with Crippen LogP contribution in [0.3, 0.4) is 0 Å². The highest BCUT2D eigenvalue weighted by Crippen LogP contribution is 2.28. The molecule has 0 radical (unpaired) electrons. The van der Waals surface area contributed by atoms with E-state index in [-0.39, 0.29) is 24.0 Å². The van der Waals surface area contributed by atoms with E-state index in [1.165, 1.54) is 24.9 Å². The SMILES string of the molecule is CCNC(=NCC1CCN(c2cccc(OC)c2)C1)NCC1CC1.I. The molecule has 6 heteroatoms. The number of methoxy groups -OCH3 is 1. The van der Waals surface area contributed by atoms with E-state index in [2.05, 4.69) is 40.7 Å². The van der Waals surface area contributed by atoms with Crippen molar-refractivity contribution in [2.75, 3.05) is 44.7 Å². The van der Waals surface area contributed by atoms with E-state index in [0.29, 0.717) is 5.92 Å². The number of ether oxygens (including phenoxy) is 1. The van der Waals surface area contributed by atoms with Crippen LogP contribution in [0.2, 0.25) is 0 Å². The van der Waals surface area contributed by atoms with Crippen molar-refractivity contribution in [2.24, 2.45) is 16.8 Å². The lowest BCUT2D eigenvalue weighted by Gasteiger charge is -2.19. The van der Waals surface area contributed by atoms with Gasteiger partial charge in [-0.25, -0.2) is 0 Å². The van der Waals surface area contributed by atoms with E-state index >= 15 is 0 Å². The van der Waals surface area contributed by atoms with Gasteiger partial charge in [0.15, 0.2) is 5.96 Å². The molecule has 1 saturated heterocycles. The second-order valence-corrected chi connectivity index (χ2v) is 6.85. The first kappa shape index (κ1) is 20.1. The summed E-state index contributed by atoms with van der Waals surface area (Å²) in [4.78, 5) is 7.24. The van der Waals surface area contributed by atoms with Crippen molar-refractivity contribution < 1.29 is 4.74 Å². The maximum absolute atomic E-state index is 5.33. The highest BCUT2D eigenvalue weighted by molar-refractivity contribution is 14.0. The van der Waals surface area contributed by atoms with Gasteiger partial charge in [0.2, 0.25) is 0 Å². The van der Waals surface area contributed by atoms with Gasteiger partial charge < -0.3 is 20.3 Å². The Bertz CT molecular complexity index is 562. The van der Waals surface area contributed by atoms with Crippen LogP contribution in [-0.2, 0) is 0 Å². The molecule has 1 atom stereocenters. The lowest BCUT2D eigenvalue weighted by atomic mass is 10.1. The summed E-state index contributed by atoms with van der Waals surface area (Å²) in [6, 6.07) is 8.34. The molecule has 1 saturated carbocycles. The number of nitrogens with zero attached hydrogens (tertiary/aromatic N) is 2. The van der Waals surface area contributed by atoms with Crippen molar-refractivity contribution in [2.45, 2.75) is 26.2 Å². The predicted octanol–water partition coefficient (Wildman–Crippen LogP) is 3.10. The van der Waals surface area contributed by atoms with Crippen LogP contribution >= 0.6 is 24.0 Å². The molecule has 140 valence electrons. The molecule has 0 bridgehead atoms. The largest absolute Gasteiger partial charge is 0.497 e. The van der Waals surface area contributed by atoms with Gasteiger partial charge in [-0.15, -0.1) is 24.0 Å². The normalized spacial score (nSPS) is 20.2. The minimum Gasteiger partial charge on any atom is -0.497 e. The number of benzene rings is 1. The number of rotatable bonds is 7. The maximum Gasteiger partial charge on any atom is 0.191 e. The standard InChI is InChI=1S/C19H30N4O.HI/c1-3-20-19(21-12-15-7-8-15)22-13-16-9-10-23(14-16)17-5-4-6-18(11-17)24-2;/h4-6,11,15-16H,3,7-10,12-14H2,1-2H3,(H2,20,21,22);1H. The van der Waals surface area contributed by atoms with Crippen LogP contribution in [0.4, 0.5) is 5.69 Å². The highest BCUT2D eigenvalue weighted by Gasteiger charge is 2.23. The Morgan fingerprint density at radius 1 is 1.24 bits per heavy atom. The fourth-order valence-electron chi connectivity index (χ4n) is 3.15. The number of nitrogens with one attached hydrogen (secondary N) is 2. The first-order valence-corrected chi connectivity index (χ1v) is 9.19. The van der Waals surface area contributed by atoms with Crippen LogP contribution in [0.25, 0.3) is 0 Å².